The second kappa shape index (κ2) is 7.09. The zero-order valence-corrected chi connectivity index (χ0v) is 13.3. The smallest absolute Gasteiger partial charge is 0.251 e. The van der Waals surface area contributed by atoms with Crippen LogP contribution in [0, 0.1) is 0 Å². The van der Waals surface area contributed by atoms with Crippen LogP contribution >= 0.6 is 27.5 Å². The maximum atomic E-state index is 11.9. The summed E-state index contributed by atoms with van der Waals surface area (Å²) in [7, 11) is 0. The Morgan fingerprint density at radius 2 is 2.10 bits per heavy atom. The first-order chi connectivity index (χ1) is 9.56. The van der Waals surface area contributed by atoms with Crippen molar-refractivity contribution in [2.75, 3.05) is 6.54 Å². The molecule has 0 aromatic heterocycles. The Morgan fingerprint density at radius 1 is 1.35 bits per heavy atom. The molecule has 20 heavy (non-hydrogen) atoms. The van der Waals surface area contributed by atoms with Gasteiger partial charge in [-0.15, -0.1) is 0 Å². The standard InChI is InChI=1S/C14H16BrClN2O2/c15-11-6-3-9(8-12(11)16)14(20)17-7-1-2-13(19)18-10-4-5-10/h3,6,8,10H,1-2,4-5,7H2,(H,17,20)(H,18,19). The number of rotatable bonds is 6. The van der Waals surface area contributed by atoms with Crippen molar-refractivity contribution in [3.8, 4) is 0 Å². The monoisotopic (exact) mass is 358 g/mol. The van der Waals surface area contributed by atoms with E-state index < -0.39 is 0 Å². The number of amides is 2. The van der Waals surface area contributed by atoms with E-state index in [1.165, 1.54) is 0 Å². The SMILES string of the molecule is O=C(CCCNC(=O)c1ccc(Br)c(Cl)c1)NC1CC1. The minimum absolute atomic E-state index is 0.0634. The van der Waals surface area contributed by atoms with E-state index in [9.17, 15) is 9.59 Å². The minimum Gasteiger partial charge on any atom is -0.353 e. The van der Waals surface area contributed by atoms with E-state index in [1.54, 1.807) is 18.2 Å². The summed E-state index contributed by atoms with van der Waals surface area (Å²) < 4.78 is 0.757. The molecule has 1 aromatic rings. The Morgan fingerprint density at radius 3 is 2.75 bits per heavy atom. The highest BCUT2D eigenvalue weighted by Gasteiger charge is 2.22. The van der Waals surface area contributed by atoms with E-state index in [0.29, 0.717) is 36.0 Å². The molecule has 2 amide bonds. The predicted molar refractivity (Wildman–Crippen MR) is 81.9 cm³/mol. The molecule has 108 valence electrons. The molecule has 2 rings (SSSR count). The van der Waals surface area contributed by atoms with Crippen LogP contribution in [0.15, 0.2) is 22.7 Å². The Balaban J connectivity index is 1.68. The van der Waals surface area contributed by atoms with Crippen molar-refractivity contribution in [2.45, 2.75) is 31.7 Å². The molecule has 0 heterocycles. The molecule has 1 aliphatic carbocycles. The normalized spacial score (nSPS) is 13.9. The first-order valence-corrected chi connectivity index (χ1v) is 7.76. The predicted octanol–water partition coefficient (Wildman–Crippen LogP) is 2.89. The molecule has 1 fully saturated rings. The molecule has 1 aromatic carbocycles. The van der Waals surface area contributed by atoms with Gasteiger partial charge in [-0.05, 0) is 53.4 Å². The van der Waals surface area contributed by atoms with Gasteiger partial charge in [0.25, 0.3) is 5.91 Å². The first kappa shape index (κ1) is 15.3. The fourth-order valence-electron chi connectivity index (χ4n) is 1.72. The van der Waals surface area contributed by atoms with E-state index in [0.717, 1.165) is 17.3 Å². The number of halogens is 2. The van der Waals surface area contributed by atoms with Crippen molar-refractivity contribution in [3.05, 3.63) is 33.3 Å². The van der Waals surface area contributed by atoms with Gasteiger partial charge in [-0.2, -0.15) is 0 Å². The summed E-state index contributed by atoms with van der Waals surface area (Å²) in [4.78, 5) is 23.3. The van der Waals surface area contributed by atoms with Crippen LogP contribution in [0.1, 0.15) is 36.0 Å². The molecule has 0 bridgehead atoms. The second-order valence-corrected chi connectivity index (χ2v) is 6.09. The number of hydrogen-bond donors (Lipinski definition) is 2. The zero-order chi connectivity index (χ0) is 14.5. The van der Waals surface area contributed by atoms with Crippen LogP contribution in [-0.2, 0) is 4.79 Å². The lowest BCUT2D eigenvalue weighted by Crippen LogP contribution is -2.28. The highest BCUT2D eigenvalue weighted by Crippen LogP contribution is 2.23. The molecule has 1 saturated carbocycles. The van der Waals surface area contributed by atoms with Crippen molar-refractivity contribution in [1.29, 1.82) is 0 Å². The Hall–Kier alpha value is -1.07. The van der Waals surface area contributed by atoms with Crippen LogP contribution < -0.4 is 10.6 Å². The molecule has 0 atom stereocenters. The van der Waals surface area contributed by atoms with Crippen LogP contribution in [-0.4, -0.2) is 24.4 Å². The van der Waals surface area contributed by atoms with Crippen molar-refractivity contribution in [1.82, 2.24) is 10.6 Å². The molecule has 0 radical (unpaired) electrons. The molecule has 4 nitrogen and oxygen atoms in total. The fourth-order valence-corrected chi connectivity index (χ4v) is 2.14. The topological polar surface area (TPSA) is 58.2 Å². The summed E-state index contributed by atoms with van der Waals surface area (Å²) >= 11 is 9.21. The van der Waals surface area contributed by atoms with Gasteiger partial charge in [0.15, 0.2) is 0 Å². The van der Waals surface area contributed by atoms with Gasteiger partial charge in [0, 0.05) is 29.0 Å². The van der Waals surface area contributed by atoms with Crippen molar-refractivity contribution < 1.29 is 9.59 Å². The third-order valence-electron chi connectivity index (χ3n) is 2.99. The summed E-state index contributed by atoms with van der Waals surface area (Å²) in [5, 5.41) is 6.19. The van der Waals surface area contributed by atoms with Crippen LogP contribution in [0.2, 0.25) is 5.02 Å². The van der Waals surface area contributed by atoms with Gasteiger partial charge in [-0.3, -0.25) is 9.59 Å². The quantitative estimate of drug-likeness (QED) is 0.767. The van der Waals surface area contributed by atoms with E-state index in [-0.39, 0.29) is 11.8 Å². The maximum Gasteiger partial charge on any atom is 0.251 e. The van der Waals surface area contributed by atoms with Gasteiger partial charge in [0.2, 0.25) is 5.91 Å². The van der Waals surface area contributed by atoms with E-state index in [4.69, 9.17) is 11.6 Å². The highest BCUT2D eigenvalue weighted by molar-refractivity contribution is 9.10. The molecule has 2 N–H and O–H groups in total. The number of carbonyl (C=O) groups excluding carboxylic acids is 2. The van der Waals surface area contributed by atoms with Crippen LogP contribution in [0.5, 0.6) is 0 Å². The Kier molecular flexibility index (Phi) is 5.43. The first-order valence-electron chi connectivity index (χ1n) is 6.59. The van der Waals surface area contributed by atoms with E-state index in [1.807, 2.05) is 0 Å². The number of hydrogen-bond acceptors (Lipinski definition) is 2. The highest BCUT2D eigenvalue weighted by atomic mass is 79.9. The van der Waals surface area contributed by atoms with Gasteiger partial charge >= 0.3 is 0 Å². The van der Waals surface area contributed by atoms with Gasteiger partial charge in [0.05, 0.1) is 5.02 Å². The summed E-state index contributed by atoms with van der Waals surface area (Å²) in [6.45, 7) is 0.477. The van der Waals surface area contributed by atoms with E-state index >= 15 is 0 Å². The average Bonchev–Trinajstić information content (AvgIpc) is 3.21. The second-order valence-electron chi connectivity index (χ2n) is 4.83. The average molecular weight is 360 g/mol. The van der Waals surface area contributed by atoms with Gasteiger partial charge in [-0.1, -0.05) is 11.6 Å². The lowest BCUT2D eigenvalue weighted by atomic mass is 10.2. The fraction of sp³-hybridized carbons (Fsp3) is 0.429. The number of carbonyl (C=O) groups is 2. The molecule has 0 unspecified atom stereocenters. The van der Waals surface area contributed by atoms with Gasteiger partial charge in [-0.25, -0.2) is 0 Å². The molecular formula is C14H16BrClN2O2. The lowest BCUT2D eigenvalue weighted by Gasteiger charge is -2.06. The summed E-state index contributed by atoms with van der Waals surface area (Å²) in [5.74, 6) is -0.115. The summed E-state index contributed by atoms with van der Waals surface area (Å²) in [6, 6.07) is 5.44. The van der Waals surface area contributed by atoms with Crippen LogP contribution in [0.3, 0.4) is 0 Å². The minimum atomic E-state index is -0.179. The molecule has 0 spiro atoms. The third kappa shape index (κ3) is 4.80. The summed E-state index contributed by atoms with van der Waals surface area (Å²) in [5.41, 5.74) is 0.514. The third-order valence-corrected chi connectivity index (χ3v) is 4.22. The molecule has 0 saturated heterocycles. The zero-order valence-electron chi connectivity index (χ0n) is 10.9. The molecular weight excluding hydrogens is 344 g/mol. The maximum absolute atomic E-state index is 11.9. The lowest BCUT2D eigenvalue weighted by molar-refractivity contribution is -0.121. The largest absolute Gasteiger partial charge is 0.353 e. The van der Waals surface area contributed by atoms with Crippen molar-refractivity contribution in [2.24, 2.45) is 0 Å². The van der Waals surface area contributed by atoms with Crippen LogP contribution in [0.25, 0.3) is 0 Å². The molecule has 1 aliphatic rings. The summed E-state index contributed by atoms with van der Waals surface area (Å²) in [6.07, 6.45) is 3.26. The Labute approximate surface area is 131 Å². The van der Waals surface area contributed by atoms with Crippen molar-refractivity contribution >= 4 is 39.3 Å². The van der Waals surface area contributed by atoms with E-state index in [2.05, 4.69) is 26.6 Å². The van der Waals surface area contributed by atoms with Crippen molar-refractivity contribution in [3.63, 3.8) is 0 Å². The molecule has 6 heteroatoms. The number of benzene rings is 1. The van der Waals surface area contributed by atoms with Gasteiger partial charge in [0.1, 0.15) is 0 Å². The Bertz CT molecular complexity index is 518. The number of nitrogens with one attached hydrogen (secondary N) is 2. The van der Waals surface area contributed by atoms with Gasteiger partial charge < -0.3 is 10.6 Å². The van der Waals surface area contributed by atoms with Crippen LogP contribution in [0.4, 0.5) is 0 Å². The molecule has 0 aliphatic heterocycles.